The molecule has 1 N–H and O–H groups in total. The molecule has 2 aliphatic rings. The fourth-order valence-corrected chi connectivity index (χ4v) is 4.91. The van der Waals surface area contributed by atoms with Gasteiger partial charge in [0.1, 0.15) is 18.4 Å². The molecule has 41 heavy (non-hydrogen) atoms. The number of nitrogens with one attached hydrogen (secondary N) is 1. The minimum absolute atomic E-state index is 0. The molecule has 7 nitrogen and oxygen atoms in total. The van der Waals surface area contributed by atoms with Crippen molar-refractivity contribution in [3.05, 3.63) is 64.7 Å². The normalized spacial score (nSPS) is 17.7. The molecule has 1 fully saturated rings. The predicted octanol–water partition coefficient (Wildman–Crippen LogP) is 5.46. The quantitative estimate of drug-likeness (QED) is 0.265. The highest BCUT2D eigenvalue weighted by molar-refractivity contribution is 6.05. The summed E-state index contributed by atoms with van der Waals surface area (Å²) in [5, 5.41) is 2.27. The Morgan fingerprint density at radius 2 is 1.68 bits per heavy atom. The average Bonchev–Trinajstić information content (AvgIpc) is 3.26. The molecule has 0 aromatic heterocycles. The number of carbonyl (C=O) groups excluding carboxylic acids is 3. The van der Waals surface area contributed by atoms with Crippen LogP contribution in [0.2, 0.25) is 0 Å². The molecule has 0 aliphatic carbocycles. The van der Waals surface area contributed by atoms with Crippen molar-refractivity contribution in [1.29, 1.82) is 0 Å². The van der Waals surface area contributed by atoms with Crippen molar-refractivity contribution < 1.29 is 42.5 Å². The van der Waals surface area contributed by atoms with Gasteiger partial charge in [-0.1, -0.05) is 37.3 Å². The Balaban J connectivity index is 0.00000484. The molecular formula is C29H34F5N3O4. The standard InChI is InChI=1S/C29H32F5N3O4.H2/c1-2-28(30,31)12-14-36(15-13-29(32,33)34)16-19-6-8-20(9-7-19)18-41-24-5-3-4-21-22(24)17-37(27(21)40)23-10-11-25(38)35-26(23)39;/h3-9,23H,2,10-18H2,1H3,(H,35,38,39);1H. The lowest BCUT2D eigenvalue weighted by molar-refractivity contribution is -0.139. The molecular weight excluding hydrogens is 549 g/mol. The maximum Gasteiger partial charge on any atom is 0.390 e. The third-order valence-electron chi connectivity index (χ3n) is 7.39. The number of carbonyl (C=O) groups is 3. The minimum Gasteiger partial charge on any atom is -0.489 e. The van der Waals surface area contributed by atoms with Gasteiger partial charge in [-0.05, 0) is 29.7 Å². The minimum atomic E-state index is -4.38. The zero-order valence-electron chi connectivity index (χ0n) is 22.6. The van der Waals surface area contributed by atoms with Gasteiger partial charge in [0, 0.05) is 51.5 Å². The molecule has 1 saturated heterocycles. The van der Waals surface area contributed by atoms with E-state index in [-0.39, 0.29) is 65.3 Å². The first-order chi connectivity index (χ1) is 19.3. The summed E-state index contributed by atoms with van der Waals surface area (Å²) in [5.74, 6) is -3.63. The van der Waals surface area contributed by atoms with Crippen molar-refractivity contribution in [2.45, 2.75) is 76.9 Å². The zero-order chi connectivity index (χ0) is 29.8. The lowest BCUT2D eigenvalue weighted by atomic mass is 10.0. The molecule has 2 heterocycles. The van der Waals surface area contributed by atoms with E-state index in [0.717, 1.165) is 5.56 Å². The van der Waals surface area contributed by atoms with Gasteiger partial charge in [0.05, 0.1) is 13.0 Å². The first-order valence-corrected chi connectivity index (χ1v) is 13.5. The topological polar surface area (TPSA) is 79.0 Å². The molecule has 0 spiro atoms. The largest absolute Gasteiger partial charge is 0.489 e. The summed E-state index contributed by atoms with van der Waals surface area (Å²) in [5.41, 5.74) is 2.51. The molecule has 2 aliphatic heterocycles. The fourth-order valence-electron chi connectivity index (χ4n) is 4.91. The van der Waals surface area contributed by atoms with Gasteiger partial charge in [-0.15, -0.1) is 0 Å². The molecule has 0 saturated carbocycles. The molecule has 1 unspecified atom stereocenters. The number of ether oxygens (including phenoxy) is 1. The van der Waals surface area contributed by atoms with E-state index >= 15 is 0 Å². The number of amides is 3. The Kier molecular flexibility index (Phi) is 9.31. The second kappa shape index (κ2) is 12.5. The summed E-state index contributed by atoms with van der Waals surface area (Å²) in [4.78, 5) is 39.6. The Hall–Kier alpha value is -3.54. The lowest BCUT2D eigenvalue weighted by Gasteiger charge is -2.29. The van der Waals surface area contributed by atoms with Gasteiger partial charge in [-0.3, -0.25) is 24.6 Å². The van der Waals surface area contributed by atoms with Crippen molar-refractivity contribution >= 4 is 17.7 Å². The van der Waals surface area contributed by atoms with Gasteiger partial charge >= 0.3 is 6.18 Å². The highest BCUT2D eigenvalue weighted by Crippen LogP contribution is 2.34. The van der Waals surface area contributed by atoms with E-state index < -0.39 is 36.9 Å². The molecule has 0 radical (unpaired) electrons. The number of halogens is 5. The van der Waals surface area contributed by atoms with E-state index in [1.165, 1.54) is 16.7 Å². The van der Waals surface area contributed by atoms with Gasteiger partial charge in [0.2, 0.25) is 17.7 Å². The van der Waals surface area contributed by atoms with Gasteiger partial charge in [0.25, 0.3) is 5.91 Å². The second-order valence-electron chi connectivity index (χ2n) is 10.4. The Bertz CT molecular complexity index is 1270. The maximum absolute atomic E-state index is 13.7. The predicted molar refractivity (Wildman–Crippen MR) is 141 cm³/mol. The summed E-state index contributed by atoms with van der Waals surface area (Å²) in [6.07, 6.45) is -5.95. The number of hydrogen-bond acceptors (Lipinski definition) is 5. The molecule has 224 valence electrons. The molecule has 3 amide bonds. The van der Waals surface area contributed by atoms with Crippen LogP contribution in [0.4, 0.5) is 22.0 Å². The highest BCUT2D eigenvalue weighted by atomic mass is 19.4. The first-order valence-electron chi connectivity index (χ1n) is 13.5. The Morgan fingerprint density at radius 1 is 1.00 bits per heavy atom. The monoisotopic (exact) mass is 583 g/mol. The third kappa shape index (κ3) is 8.02. The number of benzene rings is 2. The lowest BCUT2D eigenvalue weighted by Crippen LogP contribution is -2.52. The third-order valence-corrected chi connectivity index (χ3v) is 7.39. The number of fused-ring (bicyclic) bond motifs is 1. The highest BCUT2D eigenvalue weighted by Gasteiger charge is 2.40. The smallest absolute Gasteiger partial charge is 0.390 e. The fraction of sp³-hybridized carbons (Fsp3) is 0.483. The summed E-state index contributed by atoms with van der Waals surface area (Å²) in [6, 6.07) is 11.3. The van der Waals surface area contributed by atoms with Crippen LogP contribution >= 0.6 is 0 Å². The molecule has 2 aromatic carbocycles. The molecule has 2 aromatic rings. The van der Waals surface area contributed by atoms with Crippen molar-refractivity contribution in [3.8, 4) is 5.75 Å². The summed E-state index contributed by atoms with van der Waals surface area (Å²) in [6.45, 7) is 1.22. The first kappa shape index (κ1) is 30.4. The number of nitrogens with zero attached hydrogens (tertiary/aromatic N) is 2. The van der Waals surface area contributed by atoms with Crippen LogP contribution in [0.3, 0.4) is 0 Å². The average molecular weight is 584 g/mol. The zero-order valence-corrected chi connectivity index (χ0v) is 22.6. The van der Waals surface area contributed by atoms with E-state index in [0.29, 0.717) is 22.4 Å². The van der Waals surface area contributed by atoms with E-state index in [1.54, 1.807) is 42.5 Å². The van der Waals surface area contributed by atoms with E-state index in [2.05, 4.69) is 5.32 Å². The molecule has 4 rings (SSSR count). The van der Waals surface area contributed by atoms with Crippen LogP contribution in [0.15, 0.2) is 42.5 Å². The maximum atomic E-state index is 13.7. The van der Waals surface area contributed by atoms with Gasteiger partial charge in [-0.25, -0.2) is 8.78 Å². The van der Waals surface area contributed by atoms with Crippen molar-refractivity contribution in [2.75, 3.05) is 13.1 Å². The summed E-state index contributed by atoms with van der Waals surface area (Å²) >= 11 is 0. The van der Waals surface area contributed by atoms with E-state index in [9.17, 15) is 36.3 Å². The SMILES string of the molecule is CCC(F)(F)CCN(CCC(F)(F)F)Cc1ccc(COc2cccc3c2CN(C2CCC(=O)NC2=O)C3=O)cc1.[HH]. The van der Waals surface area contributed by atoms with Crippen molar-refractivity contribution in [1.82, 2.24) is 15.1 Å². The second-order valence-corrected chi connectivity index (χ2v) is 10.4. The van der Waals surface area contributed by atoms with Gasteiger partial charge < -0.3 is 9.64 Å². The number of piperidine rings is 1. The van der Waals surface area contributed by atoms with Crippen molar-refractivity contribution in [3.63, 3.8) is 0 Å². The number of hydrogen-bond donors (Lipinski definition) is 1. The van der Waals surface area contributed by atoms with Crippen LogP contribution in [0.1, 0.15) is 67.5 Å². The van der Waals surface area contributed by atoms with Crippen molar-refractivity contribution in [2.24, 2.45) is 0 Å². The summed E-state index contributed by atoms with van der Waals surface area (Å²) < 4.78 is 71.8. The number of imide groups is 1. The Labute approximate surface area is 236 Å². The molecule has 12 heteroatoms. The van der Waals surface area contributed by atoms with Crippen LogP contribution in [0, 0.1) is 0 Å². The number of alkyl halides is 5. The molecule has 0 bridgehead atoms. The van der Waals surface area contributed by atoms with Crippen LogP contribution in [0.5, 0.6) is 5.75 Å². The number of rotatable bonds is 12. The van der Waals surface area contributed by atoms with Crippen LogP contribution < -0.4 is 10.1 Å². The van der Waals surface area contributed by atoms with Gasteiger partial charge in [0.15, 0.2) is 0 Å². The van der Waals surface area contributed by atoms with E-state index in [1.807, 2.05) is 0 Å². The molecule has 1 atom stereocenters. The Morgan fingerprint density at radius 3 is 2.34 bits per heavy atom. The van der Waals surface area contributed by atoms with Crippen LogP contribution in [0.25, 0.3) is 0 Å². The van der Waals surface area contributed by atoms with Crippen LogP contribution in [-0.2, 0) is 29.3 Å². The van der Waals surface area contributed by atoms with Crippen LogP contribution in [-0.4, -0.2) is 58.8 Å². The van der Waals surface area contributed by atoms with Gasteiger partial charge in [-0.2, -0.15) is 13.2 Å². The van der Waals surface area contributed by atoms with E-state index in [4.69, 9.17) is 4.74 Å². The summed E-state index contributed by atoms with van der Waals surface area (Å²) in [7, 11) is 0.